The number of aromatic nitrogens is 6. The number of rotatable bonds is 1. The first-order chi connectivity index (χ1) is 12.1. The molecule has 6 heteroatoms. The Morgan fingerprint density at radius 1 is 0.769 bits per heavy atom. The van der Waals surface area contributed by atoms with Gasteiger partial charge in [0.25, 0.3) is 0 Å². The van der Waals surface area contributed by atoms with Crippen molar-refractivity contribution in [2.75, 3.05) is 0 Å². The Hall–Kier alpha value is -2.76. The Morgan fingerprint density at radius 3 is 2.08 bits per heavy atom. The summed E-state index contributed by atoms with van der Waals surface area (Å²) < 4.78 is 0. The second kappa shape index (κ2) is 5.37. The Morgan fingerprint density at radius 2 is 1.46 bits per heavy atom. The van der Waals surface area contributed by atoms with Crippen LogP contribution in [0, 0.1) is 0 Å². The summed E-state index contributed by atoms with van der Waals surface area (Å²) in [7, 11) is 0. The van der Waals surface area contributed by atoms with E-state index in [-0.39, 0.29) is 10.8 Å². The van der Waals surface area contributed by atoms with Crippen molar-refractivity contribution in [2.24, 2.45) is 0 Å². The van der Waals surface area contributed by atoms with Crippen molar-refractivity contribution in [3.8, 4) is 11.5 Å². The fourth-order valence-electron chi connectivity index (χ4n) is 2.83. The fourth-order valence-corrected chi connectivity index (χ4v) is 2.83. The number of aromatic amines is 2. The number of pyridine rings is 2. The molecule has 0 saturated heterocycles. The van der Waals surface area contributed by atoms with E-state index >= 15 is 0 Å². The molecule has 134 valence electrons. The van der Waals surface area contributed by atoms with Crippen LogP contribution in [0.15, 0.2) is 24.4 Å². The van der Waals surface area contributed by atoms with E-state index in [0.29, 0.717) is 11.3 Å². The topological polar surface area (TPSA) is 83.1 Å². The van der Waals surface area contributed by atoms with E-state index in [1.54, 1.807) is 0 Å². The monoisotopic (exact) mass is 348 g/mol. The van der Waals surface area contributed by atoms with Crippen LogP contribution >= 0.6 is 0 Å². The summed E-state index contributed by atoms with van der Waals surface area (Å²) in [6.45, 7) is 12.9. The molecule has 0 radical (unpaired) electrons. The molecule has 0 amide bonds. The van der Waals surface area contributed by atoms with Gasteiger partial charge in [0.15, 0.2) is 17.1 Å². The van der Waals surface area contributed by atoms with Gasteiger partial charge >= 0.3 is 0 Å². The van der Waals surface area contributed by atoms with Crippen LogP contribution in [0.1, 0.15) is 52.9 Å². The average molecular weight is 348 g/mol. The lowest BCUT2D eigenvalue weighted by Crippen LogP contribution is -2.12. The first-order valence-corrected chi connectivity index (χ1v) is 8.85. The van der Waals surface area contributed by atoms with E-state index in [1.165, 1.54) is 5.56 Å². The van der Waals surface area contributed by atoms with Gasteiger partial charge in [-0.2, -0.15) is 0 Å². The second-order valence-electron chi connectivity index (χ2n) is 8.83. The maximum absolute atomic E-state index is 4.62. The molecule has 6 nitrogen and oxygen atoms in total. The van der Waals surface area contributed by atoms with Gasteiger partial charge < -0.3 is 9.97 Å². The minimum absolute atomic E-state index is 0.0499. The first-order valence-electron chi connectivity index (χ1n) is 8.85. The SMILES string of the molecule is CC(C)(C)c1ccc(-c2nc3nc4nc(C(C)(C)C)[nH]c4cc3[nH]2)nc1. The summed E-state index contributed by atoms with van der Waals surface area (Å²) in [6.07, 6.45) is 1.91. The molecule has 0 atom stereocenters. The zero-order valence-electron chi connectivity index (χ0n) is 16.1. The van der Waals surface area contributed by atoms with Crippen molar-refractivity contribution in [3.05, 3.63) is 35.8 Å². The van der Waals surface area contributed by atoms with Crippen molar-refractivity contribution >= 4 is 22.3 Å². The van der Waals surface area contributed by atoms with Crippen molar-refractivity contribution in [1.82, 2.24) is 29.9 Å². The first kappa shape index (κ1) is 16.7. The largest absolute Gasteiger partial charge is 0.340 e. The van der Waals surface area contributed by atoms with Gasteiger partial charge in [-0.25, -0.2) is 15.0 Å². The smallest absolute Gasteiger partial charge is 0.180 e. The van der Waals surface area contributed by atoms with Crippen molar-refractivity contribution in [1.29, 1.82) is 0 Å². The number of imidazole rings is 2. The zero-order valence-corrected chi connectivity index (χ0v) is 16.1. The third-order valence-corrected chi connectivity index (χ3v) is 4.51. The number of fused-ring (bicyclic) bond motifs is 2. The van der Waals surface area contributed by atoms with E-state index in [0.717, 1.165) is 28.4 Å². The predicted octanol–water partition coefficient (Wildman–Crippen LogP) is 4.49. The number of H-pyrrole nitrogens is 2. The standard InChI is InChI=1S/C20H24N6/c1-19(2,3)11-7-8-12(21-10-11)15-22-13-9-14-17(25-16(13)24-15)26-18(23-14)20(4,5)6/h7-10H,1-6H3,(H2,22,23,24,25,26). The molecule has 4 aromatic heterocycles. The highest BCUT2D eigenvalue weighted by atomic mass is 15.1. The van der Waals surface area contributed by atoms with Gasteiger partial charge in [0.1, 0.15) is 11.5 Å². The Labute approximate surface area is 152 Å². The number of hydrogen-bond acceptors (Lipinski definition) is 4. The molecule has 4 rings (SSSR count). The highest BCUT2D eigenvalue weighted by molar-refractivity contribution is 5.86. The van der Waals surface area contributed by atoms with Crippen molar-refractivity contribution in [3.63, 3.8) is 0 Å². The van der Waals surface area contributed by atoms with E-state index < -0.39 is 0 Å². The van der Waals surface area contributed by atoms with Crippen LogP contribution < -0.4 is 0 Å². The molecular formula is C20H24N6. The van der Waals surface area contributed by atoms with Crippen LogP contribution in [0.25, 0.3) is 33.8 Å². The normalized spacial score (nSPS) is 13.0. The van der Waals surface area contributed by atoms with Crippen LogP contribution in [0.3, 0.4) is 0 Å². The summed E-state index contributed by atoms with van der Waals surface area (Å²) in [5.74, 6) is 1.64. The molecule has 0 saturated carbocycles. The van der Waals surface area contributed by atoms with Crippen LogP contribution in [0.2, 0.25) is 0 Å². The van der Waals surface area contributed by atoms with Gasteiger partial charge in [0.05, 0.1) is 11.0 Å². The third kappa shape index (κ3) is 2.85. The molecule has 0 unspecified atom stereocenters. The highest BCUT2D eigenvalue weighted by Crippen LogP contribution is 2.26. The second-order valence-corrected chi connectivity index (χ2v) is 8.83. The van der Waals surface area contributed by atoms with Gasteiger partial charge in [0, 0.05) is 11.6 Å². The molecule has 0 aliphatic carbocycles. The van der Waals surface area contributed by atoms with Crippen molar-refractivity contribution < 1.29 is 0 Å². The Kier molecular flexibility index (Phi) is 3.45. The summed E-state index contributed by atoms with van der Waals surface area (Å²) in [6, 6.07) is 6.12. The molecule has 0 aromatic carbocycles. The minimum Gasteiger partial charge on any atom is -0.340 e. The zero-order chi connectivity index (χ0) is 18.7. The lowest BCUT2D eigenvalue weighted by molar-refractivity contribution is 0.554. The molecular weight excluding hydrogens is 324 g/mol. The fraction of sp³-hybridized carbons (Fsp3) is 0.400. The van der Waals surface area contributed by atoms with E-state index in [2.05, 4.69) is 77.5 Å². The van der Waals surface area contributed by atoms with Crippen LogP contribution in [0.4, 0.5) is 0 Å². The molecule has 0 bridgehead atoms. The van der Waals surface area contributed by atoms with E-state index in [9.17, 15) is 0 Å². The molecule has 2 N–H and O–H groups in total. The minimum atomic E-state index is -0.0499. The van der Waals surface area contributed by atoms with Crippen molar-refractivity contribution in [2.45, 2.75) is 52.4 Å². The average Bonchev–Trinajstić information content (AvgIpc) is 3.14. The highest BCUT2D eigenvalue weighted by Gasteiger charge is 2.20. The Balaban J connectivity index is 1.76. The van der Waals surface area contributed by atoms with Gasteiger partial charge in [-0.1, -0.05) is 47.6 Å². The lowest BCUT2D eigenvalue weighted by Gasteiger charge is -2.18. The van der Waals surface area contributed by atoms with Crippen LogP contribution in [-0.4, -0.2) is 29.9 Å². The summed E-state index contributed by atoms with van der Waals surface area (Å²) in [4.78, 5) is 25.1. The van der Waals surface area contributed by atoms with Gasteiger partial charge in [-0.05, 0) is 23.1 Å². The number of nitrogens with zero attached hydrogens (tertiary/aromatic N) is 4. The van der Waals surface area contributed by atoms with Crippen LogP contribution in [-0.2, 0) is 10.8 Å². The van der Waals surface area contributed by atoms with E-state index in [4.69, 9.17) is 0 Å². The number of hydrogen-bond donors (Lipinski definition) is 2. The maximum Gasteiger partial charge on any atom is 0.180 e. The lowest BCUT2D eigenvalue weighted by atomic mass is 9.88. The number of nitrogens with one attached hydrogen (secondary N) is 2. The molecule has 0 aliphatic heterocycles. The molecule has 0 fully saturated rings. The summed E-state index contributed by atoms with van der Waals surface area (Å²) >= 11 is 0. The van der Waals surface area contributed by atoms with Gasteiger partial charge in [0.2, 0.25) is 0 Å². The third-order valence-electron chi connectivity index (χ3n) is 4.51. The quantitative estimate of drug-likeness (QED) is 0.531. The van der Waals surface area contributed by atoms with E-state index in [1.807, 2.05) is 18.3 Å². The van der Waals surface area contributed by atoms with Gasteiger partial charge in [-0.15, -0.1) is 0 Å². The molecule has 4 heterocycles. The van der Waals surface area contributed by atoms with Crippen LogP contribution in [0.5, 0.6) is 0 Å². The Bertz CT molecular complexity index is 1040. The maximum atomic E-state index is 4.62. The molecule has 0 spiro atoms. The molecule has 26 heavy (non-hydrogen) atoms. The van der Waals surface area contributed by atoms with Gasteiger partial charge in [-0.3, -0.25) is 4.98 Å². The molecule has 0 aliphatic rings. The predicted molar refractivity (Wildman–Crippen MR) is 104 cm³/mol. The summed E-state index contributed by atoms with van der Waals surface area (Å²) in [5, 5.41) is 0. The summed E-state index contributed by atoms with van der Waals surface area (Å²) in [5.41, 5.74) is 5.16. The molecule has 4 aromatic rings.